The number of methoxy groups -OCH3 is 1. The molecule has 0 spiro atoms. The molecule has 1 fully saturated rings. The van der Waals surface area contributed by atoms with Crippen LogP contribution in [0.5, 0.6) is 5.75 Å². The van der Waals surface area contributed by atoms with Gasteiger partial charge in [0.25, 0.3) is 0 Å². The fraction of sp³-hybridized carbons (Fsp3) is 0.412. The summed E-state index contributed by atoms with van der Waals surface area (Å²) in [6.45, 7) is 0.642. The lowest BCUT2D eigenvalue weighted by Gasteiger charge is -2.30. The van der Waals surface area contributed by atoms with E-state index in [4.69, 9.17) is 19.1 Å². The second-order valence-electron chi connectivity index (χ2n) is 5.78. The van der Waals surface area contributed by atoms with E-state index in [1.165, 1.54) is 4.90 Å². The number of hydrogen-bond acceptors (Lipinski definition) is 7. The molecule has 0 radical (unpaired) electrons. The standard InChI is InChI=1S/C17H19N3O6/c1-24-12-4-2-11(3-5-12)16-18-14(26-19-16)6-7-15(21)20-8-9-25-13(10-20)17(22)23/h2-5,13H,6-10H2,1H3,(H,22,23). The van der Waals surface area contributed by atoms with Crippen molar-refractivity contribution in [2.24, 2.45) is 0 Å². The molecule has 9 heteroatoms. The smallest absolute Gasteiger partial charge is 0.334 e. The molecule has 1 aromatic heterocycles. The van der Waals surface area contributed by atoms with Crippen LogP contribution in [0.1, 0.15) is 12.3 Å². The summed E-state index contributed by atoms with van der Waals surface area (Å²) in [5.74, 6) is 0.292. The van der Waals surface area contributed by atoms with Gasteiger partial charge >= 0.3 is 5.97 Å². The lowest BCUT2D eigenvalue weighted by Crippen LogP contribution is -2.48. The zero-order valence-electron chi connectivity index (χ0n) is 14.3. The molecule has 1 amide bonds. The molecule has 1 aromatic carbocycles. The Morgan fingerprint density at radius 1 is 1.35 bits per heavy atom. The third-order valence-corrected chi connectivity index (χ3v) is 4.06. The monoisotopic (exact) mass is 361 g/mol. The summed E-state index contributed by atoms with van der Waals surface area (Å²) >= 11 is 0. The number of carboxylic acids is 1. The van der Waals surface area contributed by atoms with Gasteiger partial charge in [-0.25, -0.2) is 4.79 Å². The summed E-state index contributed by atoms with van der Waals surface area (Å²) in [6.07, 6.45) is -0.522. The zero-order valence-corrected chi connectivity index (χ0v) is 14.3. The predicted molar refractivity (Wildman–Crippen MR) is 88.6 cm³/mol. The molecule has 26 heavy (non-hydrogen) atoms. The van der Waals surface area contributed by atoms with E-state index in [-0.39, 0.29) is 31.9 Å². The Bertz CT molecular complexity index is 773. The molecule has 0 saturated carbocycles. The number of carboxylic acid groups (broad SMARTS) is 1. The highest BCUT2D eigenvalue weighted by molar-refractivity contribution is 5.78. The molecule has 1 saturated heterocycles. The summed E-state index contributed by atoms with van der Waals surface area (Å²) in [6, 6.07) is 7.23. The first-order valence-electron chi connectivity index (χ1n) is 8.16. The minimum atomic E-state index is -1.07. The summed E-state index contributed by atoms with van der Waals surface area (Å²) in [5, 5.41) is 12.9. The average molecular weight is 361 g/mol. The molecule has 2 heterocycles. The molecule has 1 atom stereocenters. The van der Waals surface area contributed by atoms with Gasteiger partial charge in [-0.1, -0.05) is 5.16 Å². The number of aryl methyl sites for hydroxylation is 1. The van der Waals surface area contributed by atoms with Crippen LogP contribution >= 0.6 is 0 Å². The number of nitrogens with zero attached hydrogens (tertiary/aromatic N) is 3. The number of rotatable bonds is 6. The van der Waals surface area contributed by atoms with Crippen LogP contribution < -0.4 is 4.74 Å². The Hall–Kier alpha value is -2.94. The number of aliphatic carboxylic acids is 1. The van der Waals surface area contributed by atoms with Crippen molar-refractivity contribution in [3.05, 3.63) is 30.2 Å². The van der Waals surface area contributed by atoms with Crippen molar-refractivity contribution in [1.29, 1.82) is 0 Å². The third-order valence-electron chi connectivity index (χ3n) is 4.06. The van der Waals surface area contributed by atoms with Crippen molar-refractivity contribution < 1.29 is 28.7 Å². The van der Waals surface area contributed by atoms with Crippen LogP contribution in [0.15, 0.2) is 28.8 Å². The maximum absolute atomic E-state index is 12.3. The van der Waals surface area contributed by atoms with Crippen LogP contribution in [0.25, 0.3) is 11.4 Å². The molecule has 1 unspecified atom stereocenters. The molecule has 0 aliphatic carbocycles. The Kier molecular flexibility index (Phi) is 5.47. The third kappa shape index (κ3) is 4.17. The van der Waals surface area contributed by atoms with E-state index >= 15 is 0 Å². The number of morpholine rings is 1. The molecular formula is C17H19N3O6. The molecule has 1 N–H and O–H groups in total. The van der Waals surface area contributed by atoms with Gasteiger partial charge in [-0.05, 0) is 24.3 Å². The van der Waals surface area contributed by atoms with Crippen molar-refractivity contribution >= 4 is 11.9 Å². The highest BCUT2D eigenvalue weighted by Gasteiger charge is 2.28. The summed E-state index contributed by atoms with van der Waals surface area (Å²) in [5.41, 5.74) is 0.782. The van der Waals surface area contributed by atoms with Crippen LogP contribution in [-0.4, -0.2) is 64.9 Å². The van der Waals surface area contributed by atoms with Crippen LogP contribution in [0.2, 0.25) is 0 Å². The highest BCUT2D eigenvalue weighted by Crippen LogP contribution is 2.20. The number of carbonyl (C=O) groups is 2. The molecule has 3 rings (SSSR count). The number of aromatic nitrogens is 2. The van der Waals surface area contributed by atoms with Gasteiger partial charge in [0.2, 0.25) is 17.6 Å². The van der Waals surface area contributed by atoms with E-state index in [1.54, 1.807) is 19.2 Å². The minimum Gasteiger partial charge on any atom is -0.497 e. The normalized spacial score (nSPS) is 17.1. The summed E-state index contributed by atoms with van der Waals surface area (Å²) < 4.78 is 15.4. The van der Waals surface area contributed by atoms with Gasteiger partial charge in [-0.2, -0.15) is 4.98 Å². The van der Waals surface area contributed by atoms with E-state index in [0.717, 1.165) is 11.3 Å². The van der Waals surface area contributed by atoms with Gasteiger partial charge in [0, 0.05) is 24.9 Å². The first kappa shape index (κ1) is 17.9. The second kappa shape index (κ2) is 7.96. The lowest BCUT2D eigenvalue weighted by molar-refractivity contribution is -0.159. The van der Waals surface area contributed by atoms with Gasteiger partial charge in [-0.3, -0.25) is 4.79 Å². The highest BCUT2D eigenvalue weighted by atomic mass is 16.5. The van der Waals surface area contributed by atoms with E-state index in [9.17, 15) is 9.59 Å². The molecule has 9 nitrogen and oxygen atoms in total. The first-order valence-corrected chi connectivity index (χ1v) is 8.16. The van der Waals surface area contributed by atoms with Crippen LogP contribution in [0, 0.1) is 0 Å². The summed E-state index contributed by atoms with van der Waals surface area (Å²) in [7, 11) is 1.59. The zero-order chi connectivity index (χ0) is 18.5. The lowest BCUT2D eigenvalue weighted by atomic mass is 10.2. The molecule has 2 aromatic rings. The van der Waals surface area contributed by atoms with Gasteiger partial charge in [0.05, 0.1) is 20.3 Å². The Morgan fingerprint density at radius 3 is 2.81 bits per heavy atom. The number of hydrogen-bond donors (Lipinski definition) is 1. The fourth-order valence-electron chi connectivity index (χ4n) is 2.61. The predicted octanol–water partition coefficient (Wildman–Crippen LogP) is 0.990. The van der Waals surface area contributed by atoms with E-state index in [1.807, 2.05) is 12.1 Å². The fourth-order valence-corrected chi connectivity index (χ4v) is 2.61. The molecular weight excluding hydrogens is 342 g/mol. The van der Waals surface area contributed by atoms with Crippen LogP contribution in [0.4, 0.5) is 0 Å². The van der Waals surface area contributed by atoms with Gasteiger partial charge in [0.15, 0.2) is 6.10 Å². The second-order valence-corrected chi connectivity index (χ2v) is 5.78. The number of amides is 1. The van der Waals surface area contributed by atoms with Crippen LogP contribution in [0.3, 0.4) is 0 Å². The largest absolute Gasteiger partial charge is 0.497 e. The Morgan fingerprint density at radius 2 is 2.12 bits per heavy atom. The van der Waals surface area contributed by atoms with Crippen molar-refractivity contribution in [2.75, 3.05) is 26.8 Å². The van der Waals surface area contributed by atoms with Crippen LogP contribution in [-0.2, 0) is 20.7 Å². The quantitative estimate of drug-likeness (QED) is 0.810. The van der Waals surface area contributed by atoms with Crippen molar-refractivity contribution in [2.45, 2.75) is 18.9 Å². The van der Waals surface area contributed by atoms with E-state index in [2.05, 4.69) is 10.1 Å². The molecule has 138 valence electrons. The maximum atomic E-state index is 12.3. The van der Waals surface area contributed by atoms with Crippen molar-refractivity contribution in [1.82, 2.24) is 15.0 Å². The van der Waals surface area contributed by atoms with Gasteiger partial charge < -0.3 is 24.0 Å². The molecule has 1 aliphatic heterocycles. The SMILES string of the molecule is COc1ccc(-c2noc(CCC(=O)N3CCOC(C(=O)O)C3)n2)cc1. The van der Waals surface area contributed by atoms with E-state index in [0.29, 0.717) is 18.3 Å². The molecule has 0 bridgehead atoms. The van der Waals surface area contributed by atoms with E-state index < -0.39 is 12.1 Å². The number of carbonyl (C=O) groups excluding carboxylic acids is 1. The first-order chi connectivity index (χ1) is 12.6. The molecule has 1 aliphatic rings. The Labute approximate surface area is 149 Å². The number of ether oxygens (including phenoxy) is 2. The van der Waals surface area contributed by atoms with Gasteiger partial charge in [0.1, 0.15) is 5.75 Å². The maximum Gasteiger partial charge on any atom is 0.334 e. The average Bonchev–Trinajstić information content (AvgIpc) is 3.15. The summed E-state index contributed by atoms with van der Waals surface area (Å²) in [4.78, 5) is 29.0. The van der Waals surface area contributed by atoms with Gasteiger partial charge in [-0.15, -0.1) is 0 Å². The Balaban J connectivity index is 1.55. The topological polar surface area (TPSA) is 115 Å². The van der Waals surface area contributed by atoms with Crippen molar-refractivity contribution in [3.63, 3.8) is 0 Å². The minimum absolute atomic E-state index is 0.0507. The number of benzene rings is 1. The van der Waals surface area contributed by atoms with Crippen molar-refractivity contribution in [3.8, 4) is 17.1 Å².